The third-order valence-electron chi connectivity index (χ3n) is 6.21. The van der Waals surface area contributed by atoms with Gasteiger partial charge in [0.2, 0.25) is 10.0 Å². The summed E-state index contributed by atoms with van der Waals surface area (Å²) in [6, 6.07) is 20.5. The second kappa shape index (κ2) is 10.8. The summed E-state index contributed by atoms with van der Waals surface area (Å²) in [5, 5.41) is 4.76. The monoisotopic (exact) mass is 509 g/mol. The van der Waals surface area contributed by atoms with Gasteiger partial charge in [0.1, 0.15) is 0 Å². The first kappa shape index (κ1) is 25.2. The van der Waals surface area contributed by atoms with E-state index in [-0.39, 0.29) is 12.0 Å². The van der Waals surface area contributed by atoms with Gasteiger partial charge < -0.3 is 10.2 Å². The van der Waals surface area contributed by atoms with Crippen molar-refractivity contribution in [1.82, 2.24) is 4.90 Å². The Bertz CT molecular complexity index is 1480. The summed E-state index contributed by atoms with van der Waals surface area (Å²) in [5.41, 5.74) is 2.15. The molecule has 4 aromatic rings. The van der Waals surface area contributed by atoms with Gasteiger partial charge in [0.25, 0.3) is 0 Å². The Morgan fingerprint density at radius 2 is 1.60 bits per heavy atom. The Morgan fingerprint density at radius 1 is 0.914 bits per heavy atom. The first-order chi connectivity index (χ1) is 16.8. The number of nitrogens with one attached hydrogen (secondary N) is 1. The van der Waals surface area contributed by atoms with Crippen LogP contribution < -0.4 is 15.1 Å². The SMILES string of the molecule is CCN(CC)CCNc1ccc(CN(c2ccccc2)S(C)(=O)=O)c2sc3ccccc3c(=O)c12. The van der Waals surface area contributed by atoms with E-state index in [1.165, 1.54) is 21.9 Å². The molecule has 0 saturated carbocycles. The van der Waals surface area contributed by atoms with Crippen molar-refractivity contribution in [2.75, 3.05) is 42.1 Å². The minimum absolute atomic E-state index is 0.0350. The number of hydrogen-bond donors (Lipinski definition) is 1. The Labute approximate surface area is 210 Å². The summed E-state index contributed by atoms with van der Waals surface area (Å²) < 4.78 is 28.6. The number of sulfonamides is 1. The van der Waals surface area contributed by atoms with Gasteiger partial charge in [-0.05, 0) is 49.0 Å². The molecule has 8 heteroatoms. The fourth-order valence-corrected chi connectivity index (χ4v) is 6.35. The first-order valence-electron chi connectivity index (χ1n) is 11.8. The van der Waals surface area contributed by atoms with Gasteiger partial charge in [-0.15, -0.1) is 11.3 Å². The lowest BCUT2D eigenvalue weighted by atomic mass is 10.1. The van der Waals surface area contributed by atoms with Crippen LogP contribution in [-0.2, 0) is 16.6 Å². The number of nitrogens with zero attached hydrogens (tertiary/aromatic N) is 2. The maximum Gasteiger partial charge on any atom is 0.232 e. The van der Waals surface area contributed by atoms with Crippen LogP contribution in [0.2, 0.25) is 0 Å². The number of benzene rings is 3. The number of para-hydroxylation sites is 1. The van der Waals surface area contributed by atoms with Gasteiger partial charge in [-0.1, -0.05) is 50.2 Å². The van der Waals surface area contributed by atoms with Gasteiger partial charge in [0.15, 0.2) is 5.43 Å². The van der Waals surface area contributed by atoms with Crippen LogP contribution in [0, 0.1) is 0 Å². The van der Waals surface area contributed by atoms with Crippen molar-refractivity contribution < 1.29 is 8.42 Å². The standard InChI is InChI=1S/C27H31N3O3S2/c1-4-29(5-2)18-17-28-23-16-15-20(19-30(35(3,32)33)21-11-7-6-8-12-21)27-25(23)26(31)22-13-9-10-14-24(22)34-27/h6-16,28H,4-5,17-19H2,1-3H3. The maximum absolute atomic E-state index is 13.6. The minimum Gasteiger partial charge on any atom is -0.383 e. The van der Waals surface area contributed by atoms with E-state index in [1.54, 1.807) is 12.1 Å². The number of anilines is 2. The first-order valence-corrected chi connectivity index (χ1v) is 14.5. The predicted molar refractivity (Wildman–Crippen MR) is 149 cm³/mol. The van der Waals surface area contributed by atoms with Crippen molar-refractivity contribution in [3.05, 3.63) is 82.5 Å². The van der Waals surface area contributed by atoms with E-state index >= 15 is 0 Å². The highest BCUT2D eigenvalue weighted by Crippen LogP contribution is 2.33. The highest BCUT2D eigenvalue weighted by atomic mass is 32.2. The van der Waals surface area contributed by atoms with Crippen molar-refractivity contribution >= 4 is 52.9 Å². The van der Waals surface area contributed by atoms with Gasteiger partial charge in [-0.2, -0.15) is 0 Å². The molecule has 0 radical (unpaired) electrons. The zero-order chi connectivity index (χ0) is 25.0. The van der Waals surface area contributed by atoms with Crippen LogP contribution in [0.3, 0.4) is 0 Å². The third kappa shape index (κ3) is 5.50. The summed E-state index contributed by atoms with van der Waals surface area (Å²) in [5.74, 6) is 0. The van der Waals surface area contributed by atoms with E-state index in [2.05, 4.69) is 24.1 Å². The second-order valence-corrected chi connectivity index (χ2v) is 11.4. The van der Waals surface area contributed by atoms with Crippen LogP contribution >= 0.6 is 11.3 Å². The van der Waals surface area contributed by atoms with E-state index in [0.29, 0.717) is 23.0 Å². The zero-order valence-corrected chi connectivity index (χ0v) is 22.0. The molecule has 0 bridgehead atoms. The van der Waals surface area contributed by atoms with Crippen molar-refractivity contribution in [3.63, 3.8) is 0 Å². The molecule has 0 aliphatic rings. The molecule has 1 aromatic heterocycles. The van der Waals surface area contributed by atoms with Crippen molar-refractivity contribution in [2.24, 2.45) is 0 Å². The highest BCUT2D eigenvalue weighted by molar-refractivity contribution is 7.92. The predicted octanol–water partition coefficient (Wildman–Crippen LogP) is 5.13. The quantitative estimate of drug-likeness (QED) is 0.300. The average Bonchev–Trinajstić information content (AvgIpc) is 2.85. The van der Waals surface area contributed by atoms with Gasteiger partial charge in [0.05, 0.1) is 23.9 Å². The lowest BCUT2D eigenvalue weighted by molar-refractivity contribution is 0.316. The number of fused-ring (bicyclic) bond motifs is 2. The minimum atomic E-state index is -3.54. The van der Waals surface area contributed by atoms with Crippen molar-refractivity contribution in [2.45, 2.75) is 20.4 Å². The smallest absolute Gasteiger partial charge is 0.232 e. The van der Waals surface area contributed by atoms with E-state index in [1.807, 2.05) is 54.6 Å². The molecule has 0 atom stereocenters. The normalized spacial score (nSPS) is 11.9. The number of rotatable bonds is 10. The molecular formula is C27H31N3O3S2. The maximum atomic E-state index is 13.6. The van der Waals surface area contributed by atoms with E-state index in [9.17, 15) is 13.2 Å². The van der Waals surface area contributed by atoms with Crippen LogP contribution in [0.15, 0.2) is 71.5 Å². The molecule has 0 saturated heterocycles. The molecule has 1 heterocycles. The number of hydrogen-bond acceptors (Lipinski definition) is 6. The molecule has 0 fully saturated rings. The summed E-state index contributed by atoms with van der Waals surface area (Å²) in [6.45, 7) is 7.95. The average molecular weight is 510 g/mol. The topological polar surface area (TPSA) is 69.7 Å². The summed E-state index contributed by atoms with van der Waals surface area (Å²) in [6.07, 6.45) is 1.21. The van der Waals surface area contributed by atoms with Gasteiger partial charge in [-0.25, -0.2) is 8.42 Å². The van der Waals surface area contributed by atoms with Crippen LogP contribution in [0.25, 0.3) is 20.2 Å². The van der Waals surface area contributed by atoms with Crippen LogP contribution in [0.4, 0.5) is 11.4 Å². The molecule has 4 rings (SSSR count). The lowest BCUT2D eigenvalue weighted by Crippen LogP contribution is -2.29. The zero-order valence-electron chi connectivity index (χ0n) is 20.3. The van der Waals surface area contributed by atoms with Crippen LogP contribution in [0.1, 0.15) is 19.4 Å². The summed E-state index contributed by atoms with van der Waals surface area (Å²) >= 11 is 1.53. The van der Waals surface area contributed by atoms with Gasteiger partial charge in [-0.3, -0.25) is 9.10 Å². The Kier molecular flexibility index (Phi) is 7.74. The molecule has 6 nitrogen and oxygen atoms in total. The Hall–Kier alpha value is -2.94. The fourth-order valence-electron chi connectivity index (χ4n) is 4.27. The molecule has 0 unspecified atom stereocenters. The Balaban J connectivity index is 1.83. The summed E-state index contributed by atoms with van der Waals surface area (Å²) in [4.78, 5) is 16.0. The largest absolute Gasteiger partial charge is 0.383 e. The molecule has 0 amide bonds. The molecular weight excluding hydrogens is 478 g/mol. The molecule has 1 N–H and O–H groups in total. The molecule has 0 aliphatic heterocycles. The van der Waals surface area contributed by atoms with Gasteiger partial charge in [0, 0.05) is 33.6 Å². The summed E-state index contributed by atoms with van der Waals surface area (Å²) in [7, 11) is -3.54. The van der Waals surface area contributed by atoms with E-state index in [0.717, 1.165) is 40.3 Å². The van der Waals surface area contributed by atoms with E-state index in [4.69, 9.17) is 0 Å². The molecule has 0 spiro atoms. The van der Waals surface area contributed by atoms with Gasteiger partial charge >= 0.3 is 0 Å². The Morgan fingerprint density at radius 3 is 2.29 bits per heavy atom. The molecule has 3 aromatic carbocycles. The fraction of sp³-hybridized carbons (Fsp3) is 0.296. The van der Waals surface area contributed by atoms with Crippen LogP contribution in [0.5, 0.6) is 0 Å². The van der Waals surface area contributed by atoms with Crippen molar-refractivity contribution in [1.29, 1.82) is 0 Å². The highest BCUT2D eigenvalue weighted by Gasteiger charge is 2.21. The van der Waals surface area contributed by atoms with Crippen LogP contribution in [-0.4, -0.2) is 45.8 Å². The number of likely N-dealkylation sites (N-methyl/N-ethyl adjacent to an activating group) is 1. The molecule has 35 heavy (non-hydrogen) atoms. The molecule has 0 aliphatic carbocycles. The lowest BCUT2D eigenvalue weighted by Gasteiger charge is -2.24. The van der Waals surface area contributed by atoms with E-state index < -0.39 is 10.0 Å². The second-order valence-electron chi connectivity index (χ2n) is 8.46. The van der Waals surface area contributed by atoms with Crippen molar-refractivity contribution in [3.8, 4) is 0 Å². The molecule has 184 valence electrons. The third-order valence-corrected chi connectivity index (χ3v) is 8.59.